The third-order valence-corrected chi connectivity index (χ3v) is 15.8. The van der Waals surface area contributed by atoms with Gasteiger partial charge in [-0.1, -0.05) is 0 Å². The molecular formula is C36H30Cl2Ti. The van der Waals surface area contributed by atoms with Crippen LogP contribution in [0, 0.1) is 13.8 Å². The Bertz CT molecular complexity index is 1560. The van der Waals surface area contributed by atoms with Crippen molar-refractivity contribution in [3.05, 3.63) is 132 Å². The predicted octanol–water partition coefficient (Wildman–Crippen LogP) is 2.81. The van der Waals surface area contributed by atoms with Crippen LogP contribution in [0.4, 0.5) is 0 Å². The summed E-state index contributed by atoms with van der Waals surface area (Å²) in [6.07, 6.45) is 0. The molecule has 0 spiro atoms. The summed E-state index contributed by atoms with van der Waals surface area (Å²) in [6, 6.07) is 45.0. The van der Waals surface area contributed by atoms with Crippen LogP contribution in [-0.2, 0) is 16.6 Å². The van der Waals surface area contributed by atoms with Crippen molar-refractivity contribution >= 4 is 7.74 Å². The van der Waals surface area contributed by atoms with Crippen molar-refractivity contribution in [2.45, 2.75) is 23.3 Å². The molecule has 1 fully saturated rings. The first-order valence-corrected chi connectivity index (χ1v) is 17.1. The Balaban J connectivity index is 0.00000154. The minimum atomic E-state index is -2.51. The van der Waals surface area contributed by atoms with E-state index in [9.17, 15) is 0 Å². The first-order valence-electron chi connectivity index (χ1n) is 13.3. The molecule has 39 heavy (non-hydrogen) atoms. The molecule has 192 valence electrons. The van der Waals surface area contributed by atoms with E-state index in [1.54, 1.807) is 7.74 Å². The van der Waals surface area contributed by atoms with Crippen LogP contribution < -0.4 is 32.6 Å². The van der Waals surface area contributed by atoms with Gasteiger partial charge in [0.15, 0.2) is 0 Å². The number of rotatable bonds is 4. The molecule has 4 aliphatic carbocycles. The number of fused-ring (bicyclic) bond motifs is 2. The van der Waals surface area contributed by atoms with E-state index in [0.717, 1.165) is 0 Å². The molecule has 1 heterocycles. The Morgan fingerprint density at radius 2 is 0.744 bits per heavy atom. The number of hydrogen-bond donors (Lipinski definition) is 0. The molecule has 0 bridgehead atoms. The van der Waals surface area contributed by atoms with Crippen LogP contribution in [0.5, 0.6) is 0 Å². The average Bonchev–Trinajstić information content (AvgIpc) is 3.64. The molecule has 7 rings (SSSR count). The molecule has 0 atom stereocenters. The van der Waals surface area contributed by atoms with Crippen molar-refractivity contribution in [2.75, 3.05) is 0 Å². The van der Waals surface area contributed by atoms with Crippen molar-refractivity contribution < 1.29 is 41.4 Å². The van der Waals surface area contributed by atoms with Gasteiger partial charge in [-0.3, -0.25) is 0 Å². The second-order valence-corrected chi connectivity index (χ2v) is 17.1. The second kappa shape index (κ2) is 11.0. The molecule has 0 saturated carbocycles. The number of hydrogen-bond acceptors (Lipinski definition) is 0. The van der Waals surface area contributed by atoms with E-state index in [1.807, 2.05) is 0 Å². The summed E-state index contributed by atoms with van der Waals surface area (Å²) in [7, 11) is 0. The Hall–Kier alpha value is -2.87. The average molecular weight is 581 g/mol. The van der Waals surface area contributed by atoms with Crippen LogP contribution in [0.15, 0.2) is 121 Å². The molecule has 0 radical (unpaired) electrons. The molecule has 1 aliphatic heterocycles. The van der Waals surface area contributed by atoms with Crippen molar-refractivity contribution in [3.63, 3.8) is 0 Å². The van der Waals surface area contributed by atoms with Crippen LogP contribution in [0.2, 0.25) is 9.45 Å². The van der Waals surface area contributed by atoms with Gasteiger partial charge in [-0.05, 0) is 0 Å². The fraction of sp³-hybridized carbons (Fsp3) is 0.111. The van der Waals surface area contributed by atoms with E-state index in [1.165, 1.54) is 65.1 Å². The van der Waals surface area contributed by atoms with Crippen LogP contribution in [0.3, 0.4) is 0 Å². The smallest absolute Gasteiger partial charge is 1.00 e. The summed E-state index contributed by atoms with van der Waals surface area (Å²) < 4.78 is 6.20. The monoisotopic (exact) mass is 580 g/mol. The summed E-state index contributed by atoms with van der Waals surface area (Å²) in [5.41, 5.74) is 14.0. The van der Waals surface area contributed by atoms with Crippen LogP contribution in [-0.4, -0.2) is 0 Å². The number of benzene rings is 2. The van der Waals surface area contributed by atoms with Crippen molar-refractivity contribution in [2.24, 2.45) is 0 Å². The largest absolute Gasteiger partial charge is 1.00 e. The van der Waals surface area contributed by atoms with Gasteiger partial charge in [0.25, 0.3) is 0 Å². The Labute approximate surface area is 248 Å². The molecule has 2 aromatic rings. The van der Waals surface area contributed by atoms with E-state index in [2.05, 4.69) is 135 Å². The predicted molar refractivity (Wildman–Crippen MR) is 155 cm³/mol. The van der Waals surface area contributed by atoms with Crippen LogP contribution in [0.1, 0.15) is 11.1 Å². The maximum absolute atomic E-state index is 2.51. The number of halogens is 2. The Kier molecular flexibility index (Phi) is 7.78. The van der Waals surface area contributed by atoms with Crippen molar-refractivity contribution in [3.8, 4) is 44.5 Å². The van der Waals surface area contributed by atoms with Gasteiger partial charge in [0.2, 0.25) is 0 Å². The fourth-order valence-electron chi connectivity index (χ4n) is 6.76. The molecule has 0 aromatic heterocycles. The van der Waals surface area contributed by atoms with E-state index in [0.29, 0.717) is 0 Å². The molecule has 5 aliphatic rings. The molecule has 3 heteroatoms. The third kappa shape index (κ3) is 4.54. The van der Waals surface area contributed by atoms with E-state index < -0.39 is 16.6 Å². The summed E-state index contributed by atoms with van der Waals surface area (Å²) >= 11 is -2.51. The quantitative estimate of drug-likeness (QED) is 0.281. The Morgan fingerprint density at radius 1 is 0.410 bits per heavy atom. The van der Waals surface area contributed by atoms with Crippen LogP contribution >= 0.6 is 0 Å². The van der Waals surface area contributed by atoms with E-state index in [4.69, 9.17) is 0 Å². The normalized spacial score (nSPS) is 12.7. The summed E-state index contributed by atoms with van der Waals surface area (Å²) in [6.45, 7) is 4.73. The summed E-state index contributed by atoms with van der Waals surface area (Å²) in [4.78, 5) is 0. The minimum absolute atomic E-state index is 0. The zero-order chi connectivity index (χ0) is 25.0. The molecule has 0 nitrogen and oxygen atoms in total. The second-order valence-electron chi connectivity index (χ2n) is 10.6. The molecule has 0 amide bonds. The summed E-state index contributed by atoms with van der Waals surface area (Å²) in [5, 5.41) is 0. The van der Waals surface area contributed by atoms with Gasteiger partial charge >= 0.3 is 225 Å². The minimum Gasteiger partial charge on any atom is -1.00 e. The van der Waals surface area contributed by atoms with Gasteiger partial charge in [-0.15, -0.1) is 0 Å². The zero-order valence-electron chi connectivity index (χ0n) is 22.2. The molecule has 0 unspecified atom stereocenters. The topological polar surface area (TPSA) is 0 Å². The SMILES string of the molecule is Cc1cc2c(-c3ccccc3)ccccc-2[c]1[Ti+2]1([c]2c(C)cc3c(-c4ccccc4)ccccc2-3)[CH2][CH2]1.[Cl-].[Cl-]. The molecular weight excluding hydrogens is 551 g/mol. The maximum atomic E-state index is 2.48. The number of aryl methyl sites for hydroxylation is 2. The molecule has 1 saturated heterocycles. The fourth-order valence-corrected chi connectivity index (χ4v) is 15.6. The van der Waals surface area contributed by atoms with Gasteiger partial charge in [-0.25, -0.2) is 0 Å². The molecule has 0 N–H and O–H groups in total. The summed E-state index contributed by atoms with van der Waals surface area (Å²) in [5.74, 6) is 0. The van der Waals surface area contributed by atoms with Gasteiger partial charge < -0.3 is 24.8 Å². The van der Waals surface area contributed by atoms with Crippen LogP contribution in [0.25, 0.3) is 44.5 Å². The van der Waals surface area contributed by atoms with Gasteiger partial charge in [0.05, 0.1) is 0 Å². The third-order valence-electron chi connectivity index (χ3n) is 8.36. The standard InChI is InChI=1S/2C17H13.C2H4.2ClH.Ti/c2*1-13-11-15-9-5-6-10-16(17(15)12-13)14-7-3-2-4-8-14;1-2;;;/h2*2-10,12H,1H3;1-2H2;2*1H;/q;;;;;+2/p-2. The molecule has 2 aromatic carbocycles. The first-order chi connectivity index (χ1) is 18.2. The van der Waals surface area contributed by atoms with E-state index in [-0.39, 0.29) is 24.8 Å². The van der Waals surface area contributed by atoms with E-state index >= 15 is 0 Å². The first kappa shape index (κ1) is 27.7. The van der Waals surface area contributed by atoms with Gasteiger partial charge in [-0.2, -0.15) is 0 Å². The van der Waals surface area contributed by atoms with Crippen molar-refractivity contribution in [1.82, 2.24) is 0 Å². The Morgan fingerprint density at radius 3 is 1.10 bits per heavy atom. The maximum Gasteiger partial charge on any atom is -1.00 e. The zero-order valence-corrected chi connectivity index (χ0v) is 25.3. The van der Waals surface area contributed by atoms with Gasteiger partial charge in [0, 0.05) is 0 Å². The van der Waals surface area contributed by atoms with Crippen molar-refractivity contribution in [1.29, 1.82) is 0 Å². The van der Waals surface area contributed by atoms with Gasteiger partial charge in [0.1, 0.15) is 0 Å².